The van der Waals surface area contributed by atoms with Gasteiger partial charge in [-0.3, -0.25) is 4.79 Å². The van der Waals surface area contributed by atoms with Gasteiger partial charge in [0.1, 0.15) is 5.82 Å². The number of nitrogens with one attached hydrogen (secondary N) is 2. The van der Waals surface area contributed by atoms with Crippen molar-refractivity contribution < 1.29 is 9.18 Å². The molecule has 3 aromatic rings. The van der Waals surface area contributed by atoms with Gasteiger partial charge in [0.25, 0.3) is 5.91 Å². The monoisotopic (exact) mass is 337 g/mol. The lowest BCUT2D eigenvalue weighted by molar-refractivity contribution is 0.102. The highest BCUT2D eigenvalue weighted by molar-refractivity contribution is 6.14. The van der Waals surface area contributed by atoms with E-state index in [9.17, 15) is 9.18 Å². The number of H-pyrrole nitrogens is 1. The summed E-state index contributed by atoms with van der Waals surface area (Å²) in [5.41, 5.74) is 3.85. The van der Waals surface area contributed by atoms with E-state index >= 15 is 0 Å². The number of nitrogens with zero attached hydrogens (tertiary/aromatic N) is 1. The van der Waals surface area contributed by atoms with Gasteiger partial charge in [-0.2, -0.15) is 0 Å². The molecule has 1 aliphatic heterocycles. The van der Waals surface area contributed by atoms with E-state index < -0.39 is 0 Å². The van der Waals surface area contributed by atoms with Gasteiger partial charge in [0, 0.05) is 41.1 Å². The molecule has 0 spiro atoms. The van der Waals surface area contributed by atoms with Gasteiger partial charge in [-0.15, -0.1) is 0 Å². The summed E-state index contributed by atoms with van der Waals surface area (Å²) >= 11 is 0. The molecule has 4 rings (SSSR count). The zero-order valence-corrected chi connectivity index (χ0v) is 14.1. The van der Waals surface area contributed by atoms with Gasteiger partial charge >= 0.3 is 0 Å². The first kappa shape index (κ1) is 15.7. The molecule has 0 bridgehead atoms. The number of rotatable bonds is 3. The summed E-state index contributed by atoms with van der Waals surface area (Å²) in [6.45, 7) is 3.93. The second kappa shape index (κ2) is 6.24. The summed E-state index contributed by atoms with van der Waals surface area (Å²) in [7, 11) is 0. The van der Waals surface area contributed by atoms with Gasteiger partial charge in [0.2, 0.25) is 0 Å². The van der Waals surface area contributed by atoms with Gasteiger partial charge in [-0.1, -0.05) is 6.07 Å². The van der Waals surface area contributed by atoms with E-state index in [4.69, 9.17) is 0 Å². The number of hydrogen-bond acceptors (Lipinski definition) is 2. The average molecular weight is 337 g/mol. The molecule has 0 atom stereocenters. The highest BCUT2D eigenvalue weighted by Crippen LogP contribution is 2.26. The first-order chi connectivity index (χ1) is 12.1. The number of aromatic nitrogens is 1. The second-order valence-corrected chi connectivity index (χ2v) is 6.51. The van der Waals surface area contributed by atoms with Crippen molar-refractivity contribution >= 4 is 28.2 Å². The summed E-state index contributed by atoms with van der Waals surface area (Å²) in [5.74, 6) is -0.579. The second-order valence-electron chi connectivity index (χ2n) is 6.51. The quantitative estimate of drug-likeness (QED) is 0.741. The summed E-state index contributed by atoms with van der Waals surface area (Å²) < 4.78 is 13.6. The van der Waals surface area contributed by atoms with Crippen LogP contribution in [0.1, 0.15) is 28.9 Å². The zero-order chi connectivity index (χ0) is 17.4. The first-order valence-electron chi connectivity index (χ1n) is 8.56. The number of amides is 1. The lowest BCUT2D eigenvalue weighted by Gasteiger charge is -2.18. The molecule has 4 nitrogen and oxygen atoms in total. The molecule has 1 amide bonds. The Labute approximate surface area is 145 Å². The fraction of sp³-hybridized carbons (Fsp3) is 0.250. The van der Waals surface area contributed by atoms with Crippen LogP contribution in [0.3, 0.4) is 0 Å². The van der Waals surface area contributed by atoms with Crippen LogP contribution < -0.4 is 10.2 Å². The van der Waals surface area contributed by atoms with E-state index in [0.29, 0.717) is 10.9 Å². The molecule has 1 fully saturated rings. The molecule has 0 radical (unpaired) electrons. The molecule has 0 aliphatic carbocycles. The maximum atomic E-state index is 13.6. The number of carbonyl (C=O) groups is 1. The van der Waals surface area contributed by atoms with E-state index in [2.05, 4.69) is 21.3 Å². The minimum Gasteiger partial charge on any atom is -0.371 e. The molecule has 5 heteroatoms. The SMILES string of the molecule is Cc1[nH]c2ccc(F)cc2c1C(=O)Nc1cccc(N2CCCC2)c1. The zero-order valence-electron chi connectivity index (χ0n) is 14.1. The van der Waals surface area contributed by atoms with E-state index in [1.807, 2.05) is 25.1 Å². The standard InChI is InChI=1S/C20H20FN3O/c1-13-19(17-11-14(21)7-8-18(17)22-13)20(25)23-15-5-4-6-16(12-15)24-9-2-3-10-24/h4-8,11-12,22H,2-3,9-10H2,1H3,(H,23,25). The van der Waals surface area contributed by atoms with Gasteiger partial charge in [0.05, 0.1) is 5.56 Å². The molecular formula is C20H20FN3O. The highest BCUT2D eigenvalue weighted by Gasteiger charge is 2.18. The van der Waals surface area contributed by atoms with E-state index in [0.717, 1.165) is 35.7 Å². The van der Waals surface area contributed by atoms with E-state index in [1.54, 1.807) is 6.07 Å². The molecule has 1 aliphatic rings. The molecule has 1 aromatic heterocycles. The van der Waals surface area contributed by atoms with Gasteiger partial charge in [0.15, 0.2) is 0 Å². The Kier molecular flexibility index (Phi) is 3.92. The number of hydrogen-bond donors (Lipinski definition) is 2. The lowest BCUT2D eigenvalue weighted by atomic mass is 10.1. The van der Waals surface area contributed by atoms with Crippen LogP contribution in [-0.2, 0) is 0 Å². The van der Waals surface area contributed by atoms with Crippen LogP contribution in [-0.4, -0.2) is 24.0 Å². The van der Waals surface area contributed by atoms with E-state index in [1.165, 1.54) is 25.0 Å². The number of carbonyl (C=O) groups excluding carboxylic acids is 1. The van der Waals surface area contributed by atoms with Crippen molar-refractivity contribution in [1.82, 2.24) is 4.98 Å². The predicted octanol–water partition coefficient (Wildman–Crippen LogP) is 4.47. The first-order valence-corrected chi connectivity index (χ1v) is 8.56. The molecular weight excluding hydrogens is 317 g/mol. The topological polar surface area (TPSA) is 48.1 Å². The molecule has 2 N–H and O–H groups in total. The normalized spacial score (nSPS) is 14.2. The van der Waals surface area contributed by atoms with Gasteiger partial charge in [-0.05, 0) is 56.2 Å². The van der Waals surface area contributed by atoms with Gasteiger partial charge in [-0.25, -0.2) is 4.39 Å². The molecule has 2 aromatic carbocycles. The van der Waals surface area contributed by atoms with Crippen molar-refractivity contribution in [3.8, 4) is 0 Å². The lowest BCUT2D eigenvalue weighted by Crippen LogP contribution is -2.18. The molecule has 25 heavy (non-hydrogen) atoms. The Balaban J connectivity index is 1.63. The molecule has 0 saturated carbocycles. The van der Waals surface area contributed by atoms with Crippen LogP contribution in [0, 0.1) is 12.7 Å². The number of halogens is 1. The summed E-state index contributed by atoms with van der Waals surface area (Å²) in [6.07, 6.45) is 2.41. The number of aromatic amines is 1. The third-order valence-electron chi connectivity index (χ3n) is 4.75. The van der Waals surface area contributed by atoms with Crippen molar-refractivity contribution in [3.05, 3.63) is 59.5 Å². The fourth-order valence-electron chi connectivity index (χ4n) is 3.54. The number of anilines is 2. The fourth-order valence-corrected chi connectivity index (χ4v) is 3.54. The average Bonchev–Trinajstić information content (AvgIpc) is 3.22. The Hall–Kier alpha value is -2.82. The van der Waals surface area contributed by atoms with Crippen molar-refractivity contribution in [3.63, 3.8) is 0 Å². The number of fused-ring (bicyclic) bond motifs is 1. The Bertz CT molecular complexity index is 941. The summed E-state index contributed by atoms with van der Waals surface area (Å²) in [6, 6.07) is 12.3. The number of benzene rings is 2. The van der Waals surface area contributed by atoms with Crippen LogP contribution >= 0.6 is 0 Å². The Morgan fingerprint density at radius 2 is 1.96 bits per heavy atom. The van der Waals surface area contributed by atoms with Gasteiger partial charge < -0.3 is 15.2 Å². The Morgan fingerprint density at radius 3 is 2.76 bits per heavy atom. The largest absolute Gasteiger partial charge is 0.371 e. The third kappa shape index (κ3) is 2.97. The molecule has 1 saturated heterocycles. The minimum atomic E-state index is -0.350. The van der Waals surface area contributed by atoms with Crippen molar-refractivity contribution in [2.75, 3.05) is 23.3 Å². The van der Waals surface area contributed by atoms with Crippen LogP contribution in [0.2, 0.25) is 0 Å². The van der Waals surface area contributed by atoms with E-state index in [-0.39, 0.29) is 11.7 Å². The van der Waals surface area contributed by atoms with Crippen molar-refractivity contribution in [2.45, 2.75) is 19.8 Å². The van der Waals surface area contributed by atoms with Crippen molar-refractivity contribution in [2.24, 2.45) is 0 Å². The summed E-state index contributed by atoms with van der Waals surface area (Å²) in [4.78, 5) is 18.2. The van der Waals surface area contributed by atoms with Crippen LogP contribution in [0.25, 0.3) is 10.9 Å². The maximum absolute atomic E-state index is 13.6. The number of aryl methyl sites for hydroxylation is 1. The Morgan fingerprint density at radius 1 is 1.16 bits per heavy atom. The maximum Gasteiger partial charge on any atom is 0.258 e. The van der Waals surface area contributed by atoms with Crippen LogP contribution in [0.4, 0.5) is 15.8 Å². The predicted molar refractivity (Wildman–Crippen MR) is 98.8 cm³/mol. The smallest absolute Gasteiger partial charge is 0.258 e. The summed E-state index contributed by atoms with van der Waals surface area (Å²) in [5, 5.41) is 3.56. The highest BCUT2D eigenvalue weighted by atomic mass is 19.1. The van der Waals surface area contributed by atoms with Crippen molar-refractivity contribution in [1.29, 1.82) is 0 Å². The minimum absolute atomic E-state index is 0.229. The van der Waals surface area contributed by atoms with Crippen LogP contribution in [0.5, 0.6) is 0 Å². The van der Waals surface area contributed by atoms with Crippen LogP contribution in [0.15, 0.2) is 42.5 Å². The third-order valence-corrected chi connectivity index (χ3v) is 4.75. The molecule has 128 valence electrons. The molecule has 0 unspecified atom stereocenters. The molecule has 2 heterocycles.